The van der Waals surface area contributed by atoms with Gasteiger partial charge in [0.25, 0.3) is 0 Å². The van der Waals surface area contributed by atoms with Crippen molar-refractivity contribution < 1.29 is 33.8 Å². The summed E-state index contributed by atoms with van der Waals surface area (Å²) in [6.45, 7) is 1.08. The number of carbonyl (C=O) groups is 3. The van der Waals surface area contributed by atoms with E-state index < -0.39 is 43.1 Å². The summed E-state index contributed by atoms with van der Waals surface area (Å²) in [7, 11) is 0. The molecule has 0 aromatic heterocycles. The number of nitrogens with one attached hydrogen (secondary N) is 1. The van der Waals surface area contributed by atoms with Gasteiger partial charge < -0.3 is 20.4 Å². The normalized spacial score (nSPS) is 25.7. The van der Waals surface area contributed by atoms with E-state index in [2.05, 4.69) is 10.2 Å². The minimum Gasteiger partial charge on any atom is -0.477 e. The number of aliphatic hydroxyl groups excluding tert-OH is 1. The lowest BCUT2D eigenvalue weighted by Gasteiger charge is -2.28. The summed E-state index contributed by atoms with van der Waals surface area (Å²) in [6.07, 6.45) is -1.15. The van der Waals surface area contributed by atoms with Crippen molar-refractivity contribution in [2.24, 2.45) is 0 Å². The van der Waals surface area contributed by atoms with E-state index in [9.17, 15) is 18.8 Å². The third-order valence-corrected chi connectivity index (χ3v) is 3.22. The largest absolute Gasteiger partial charge is 0.477 e. The Kier molecular flexibility index (Phi) is 4.09. The topological polar surface area (TPSA) is 119 Å². The molecule has 2 aliphatic rings. The van der Waals surface area contributed by atoms with Crippen LogP contribution in [0.1, 0.15) is 6.92 Å². The van der Waals surface area contributed by atoms with Crippen LogP contribution in [0.5, 0.6) is 0 Å². The molecule has 0 radical (unpaired) electrons. The average Bonchev–Trinajstić information content (AvgIpc) is 2.64. The molecular formula is C11H14FN3O6. The molecule has 0 aromatic rings. The molecule has 2 rings (SSSR count). The summed E-state index contributed by atoms with van der Waals surface area (Å²) in [6, 6.07) is -2.43. The van der Waals surface area contributed by atoms with Gasteiger partial charge in [-0.25, -0.2) is 18.8 Å². The molecule has 2 bridgehead atoms. The highest BCUT2D eigenvalue weighted by Crippen LogP contribution is 2.30. The number of carbonyl (C=O) groups excluding carboxylic acids is 2. The van der Waals surface area contributed by atoms with E-state index in [-0.39, 0.29) is 6.54 Å². The van der Waals surface area contributed by atoms with Crippen molar-refractivity contribution in [2.45, 2.75) is 25.4 Å². The molecule has 3 amide bonds. The van der Waals surface area contributed by atoms with Crippen molar-refractivity contribution in [1.29, 1.82) is 0 Å². The maximum absolute atomic E-state index is 13.1. The number of carboxylic acids is 1. The summed E-state index contributed by atoms with van der Waals surface area (Å²) in [4.78, 5) is 40.0. The average molecular weight is 303 g/mol. The van der Waals surface area contributed by atoms with E-state index in [1.54, 1.807) is 6.92 Å². The Balaban J connectivity index is 2.19. The first-order valence-electron chi connectivity index (χ1n) is 6.07. The van der Waals surface area contributed by atoms with E-state index in [1.165, 1.54) is 6.08 Å². The van der Waals surface area contributed by atoms with Gasteiger partial charge in [0, 0.05) is 0 Å². The molecule has 1 saturated heterocycles. The zero-order valence-corrected chi connectivity index (χ0v) is 11.0. The lowest BCUT2D eigenvalue weighted by atomic mass is 10.0. The molecule has 3 N–H and O–H groups in total. The van der Waals surface area contributed by atoms with Crippen molar-refractivity contribution in [3.63, 3.8) is 0 Å². The zero-order valence-electron chi connectivity index (χ0n) is 11.0. The summed E-state index contributed by atoms with van der Waals surface area (Å²) in [5.41, 5.74) is 0.516. The van der Waals surface area contributed by atoms with Gasteiger partial charge in [-0.05, 0) is 12.5 Å². The number of nitrogens with zero attached hydrogens (tertiary/aromatic N) is 2. The molecule has 0 aliphatic carbocycles. The van der Waals surface area contributed by atoms with Gasteiger partial charge in [0.15, 0.2) is 0 Å². The lowest BCUT2D eigenvalue weighted by Crippen LogP contribution is -2.50. The quantitative estimate of drug-likeness (QED) is 0.433. The Bertz CT molecular complexity index is 510. The number of urea groups is 1. The first-order valence-corrected chi connectivity index (χ1v) is 6.07. The van der Waals surface area contributed by atoms with Gasteiger partial charge in [0.1, 0.15) is 12.8 Å². The summed E-state index contributed by atoms with van der Waals surface area (Å²) in [5, 5.41) is 20.0. The number of amides is 3. The number of rotatable bonds is 5. The predicted molar refractivity (Wildman–Crippen MR) is 64.1 cm³/mol. The van der Waals surface area contributed by atoms with Crippen LogP contribution in [-0.4, -0.2) is 69.8 Å². The van der Waals surface area contributed by atoms with Gasteiger partial charge in [0.2, 0.25) is 5.91 Å². The molecule has 10 heteroatoms. The van der Waals surface area contributed by atoms with Gasteiger partial charge >= 0.3 is 18.4 Å². The van der Waals surface area contributed by atoms with E-state index in [0.717, 1.165) is 4.90 Å². The van der Waals surface area contributed by atoms with Crippen LogP contribution < -0.4 is 5.32 Å². The fraction of sp³-hybridized carbons (Fsp3) is 0.545. The molecule has 1 fully saturated rings. The van der Waals surface area contributed by atoms with Gasteiger partial charge in [-0.3, -0.25) is 4.79 Å². The van der Waals surface area contributed by atoms with Crippen LogP contribution in [0.2, 0.25) is 0 Å². The molecule has 0 unspecified atom stereocenters. The van der Waals surface area contributed by atoms with Gasteiger partial charge in [0.05, 0.1) is 12.6 Å². The summed E-state index contributed by atoms with van der Waals surface area (Å²) in [5.74, 6) is -2.44. The molecule has 2 aliphatic heterocycles. The molecule has 2 heterocycles. The van der Waals surface area contributed by atoms with E-state index in [0.29, 0.717) is 10.6 Å². The van der Waals surface area contributed by atoms with E-state index >= 15 is 0 Å². The number of carboxylic acid groups (broad SMARTS) is 1. The Labute approximate surface area is 118 Å². The van der Waals surface area contributed by atoms with Crippen LogP contribution in [0.4, 0.5) is 9.18 Å². The van der Waals surface area contributed by atoms with Crippen molar-refractivity contribution >= 4 is 17.9 Å². The highest BCUT2D eigenvalue weighted by molar-refractivity contribution is 5.91. The zero-order chi connectivity index (χ0) is 15.7. The highest BCUT2D eigenvalue weighted by Gasteiger charge is 2.48. The lowest BCUT2D eigenvalue weighted by molar-refractivity contribution is -0.219. The number of hydrogen-bond acceptors (Lipinski definition) is 5. The Morgan fingerprint density at radius 1 is 1.62 bits per heavy atom. The number of halogens is 1. The van der Waals surface area contributed by atoms with Gasteiger partial charge in [-0.2, -0.15) is 5.06 Å². The van der Waals surface area contributed by atoms with Crippen LogP contribution in [0.15, 0.2) is 11.6 Å². The molecule has 116 valence electrons. The van der Waals surface area contributed by atoms with Crippen LogP contribution in [0.3, 0.4) is 0 Å². The van der Waals surface area contributed by atoms with E-state index in [4.69, 9.17) is 10.2 Å². The number of hydroxylamine groups is 2. The molecule has 3 atom stereocenters. The van der Waals surface area contributed by atoms with Crippen LogP contribution in [0, 0.1) is 0 Å². The van der Waals surface area contributed by atoms with Gasteiger partial charge in [-0.15, -0.1) is 0 Å². The number of aliphatic carboxylic acids is 1. The van der Waals surface area contributed by atoms with Crippen LogP contribution in [-0.2, 0) is 14.4 Å². The predicted octanol–water partition coefficient (Wildman–Crippen LogP) is -1.20. The monoisotopic (exact) mass is 303 g/mol. The highest BCUT2D eigenvalue weighted by atomic mass is 19.1. The Morgan fingerprint density at radius 2 is 2.29 bits per heavy atom. The van der Waals surface area contributed by atoms with Crippen molar-refractivity contribution in [3.05, 3.63) is 11.6 Å². The smallest absolute Gasteiger partial charge is 0.368 e. The third-order valence-electron chi connectivity index (χ3n) is 3.22. The fourth-order valence-corrected chi connectivity index (χ4v) is 2.39. The van der Waals surface area contributed by atoms with Crippen LogP contribution in [0.25, 0.3) is 0 Å². The summed E-state index contributed by atoms with van der Waals surface area (Å²) >= 11 is 0. The summed E-state index contributed by atoms with van der Waals surface area (Å²) < 4.78 is 13.1. The number of hydrogen-bond donors (Lipinski definition) is 3. The molecular weight excluding hydrogens is 289 g/mol. The molecule has 0 spiro atoms. The van der Waals surface area contributed by atoms with Crippen molar-refractivity contribution in [3.8, 4) is 0 Å². The minimum absolute atomic E-state index is 0.0615. The van der Waals surface area contributed by atoms with Crippen LogP contribution >= 0.6 is 0 Å². The Morgan fingerprint density at radius 3 is 2.86 bits per heavy atom. The number of fused-ring (bicyclic) bond motifs is 2. The number of aliphatic hydroxyl groups is 1. The first-order chi connectivity index (χ1) is 9.86. The second-order valence-corrected chi connectivity index (χ2v) is 4.60. The Hall–Kier alpha value is -2.20. The second-order valence-electron chi connectivity index (χ2n) is 4.60. The number of alkyl halides is 1. The third kappa shape index (κ3) is 2.67. The molecule has 0 saturated carbocycles. The van der Waals surface area contributed by atoms with Gasteiger partial charge in [-0.1, -0.05) is 6.08 Å². The van der Waals surface area contributed by atoms with Crippen molar-refractivity contribution in [2.75, 3.05) is 13.3 Å². The SMILES string of the molecule is CC1=C[C@H]2CN(C(=O)N2O[C@@H](F)C(=O)O)[C@@H]1C(=O)NCO. The van der Waals surface area contributed by atoms with Crippen molar-refractivity contribution in [1.82, 2.24) is 15.3 Å². The maximum Gasteiger partial charge on any atom is 0.368 e. The second kappa shape index (κ2) is 5.66. The fourth-order valence-electron chi connectivity index (χ4n) is 2.39. The first kappa shape index (κ1) is 15.2. The standard InChI is InChI=1S/C11H14FN3O6/c1-5-2-6-3-14(7(5)9(17)13-4-16)11(20)15(6)21-8(12)10(18)19/h2,6-8,16H,3-4H2,1H3,(H,13,17)(H,18,19)/t6-,7-,8+/m0/s1. The minimum atomic E-state index is -2.67. The molecule has 21 heavy (non-hydrogen) atoms. The molecule has 9 nitrogen and oxygen atoms in total. The molecule has 0 aromatic carbocycles. The maximum atomic E-state index is 13.1. The van der Waals surface area contributed by atoms with E-state index in [1.807, 2.05) is 0 Å².